The van der Waals surface area contributed by atoms with Gasteiger partial charge in [-0.15, -0.1) is 0 Å². The summed E-state index contributed by atoms with van der Waals surface area (Å²) in [4.78, 5) is 35.5. The molecule has 242 valence electrons. The van der Waals surface area contributed by atoms with E-state index in [1.165, 1.54) is 39.8 Å². The summed E-state index contributed by atoms with van der Waals surface area (Å²) in [6.45, 7) is 2.87. The van der Waals surface area contributed by atoms with Gasteiger partial charge >= 0.3 is 6.61 Å². The Hall–Kier alpha value is -4.14. The van der Waals surface area contributed by atoms with E-state index in [-0.39, 0.29) is 45.7 Å². The molecule has 4 aromatic rings. The smallest absolute Gasteiger partial charge is 0.387 e. The average molecular weight is 655 g/mol. The molecule has 0 saturated carbocycles. The van der Waals surface area contributed by atoms with Gasteiger partial charge in [0.2, 0.25) is 5.91 Å². The number of benzene rings is 1. The number of fused-ring (bicyclic) bond motifs is 2. The van der Waals surface area contributed by atoms with Crippen molar-refractivity contribution in [1.29, 1.82) is 0 Å². The summed E-state index contributed by atoms with van der Waals surface area (Å²) in [6.07, 6.45) is 8.29. The third-order valence-corrected chi connectivity index (χ3v) is 9.25. The Bertz CT molecular complexity index is 1730. The SMILES string of the molecule is O=C(Nc1cn(CC(=O)N2C[C@H]3CN(CC4CCOCC4)C[C@H]3C2)nc1-c1cc(Cl)ccc1OC(F)F)c1cnn2cccnc12. The molecule has 2 amide bonds. The first-order valence-electron chi connectivity index (χ1n) is 15.3. The first-order chi connectivity index (χ1) is 22.3. The van der Waals surface area contributed by atoms with E-state index in [9.17, 15) is 18.4 Å². The topological polar surface area (TPSA) is 119 Å². The number of nitrogens with zero attached hydrogens (tertiary/aromatic N) is 7. The lowest BCUT2D eigenvalue weighted by atomic mass is 10.00. The Labute approximate surface area is 268 Å². The van der Waals surface area contributed by atoms with Gasteiger partial charge in [-0.3, -0.25) is 14.3 Å². The van der Waals surface area contributed by atoms with Crippen molar-refractivity contribution in [2.24, 2.45) is 17.8 Å². The first kappa shape index (κ1) is 30.5. The third kappa shape index (κ3) is 6.42. The van der Waals surface area contributed by atoms with E-state index in [1.807, 2.05) is 4.90 Å². The summed E-state index contributed by atoms with van der Waals surface area (Å²) in [6, 6.07) is 5.83. The monoisotopic (exact) mass is 654 g/mol. The Morgan fingerprint density at radius 3 is 2.67 bits per heavy atom. The van der Waals surface area contributed by atoms with Crippen molar-refractivity contribution in [2.45, 2.75) is 26.0 Å². The Morgan fingerprint density at radius 1 is 1.13 bits per heavy atom. The highest BCUT2D eigenvalue weighted by Gasteiger charge is 2.42. The molecule has 1 N–H and O–H groups in total. The van der Waals surface area contributed by atoms with E-state index < -0.39 is 12.5 Å². The van der Waals surface area contributed by atoms with Gasteiger partial charge in [-0.05, 0) is 54.9 Å². The van der Waals surface area contributed by atoms with E-state index in [0.29, 0.717) is 36.5 Å². The normalized spacial score (nSPS) is 20.5. The minimum absolute atomic E-state index is 0.0992. The van der Waals surface area contributed by atoms with Crippen molar-refractivity contribution in [1.82, 2.24) is 34.2 Å². The van der Waals surface area contributed by atoms with Crippen LogP contribution in [-0.4, -0.2) is 98.5 Å². The molecule has 3 aliphatic heterocycles. The molecule has 3 aromatic heterocycles. The van der Waals surface area contributed by atoms with Gasteiger partial charge in [0.05, 0.1) is 11.9 Å². The summed E-state index contributed by atoms with van der Waals surface area (Å²) in [5, 5.41) is 11.8. The number of ether oxygens (including phenoxy) is 2. The summed E-state index contributed by atoms with van der Waals surface area (Å²) in [7, 11) is 0. The molecule has 7 rings (SSSR count). The number of alkyl halides is 2. The maximum absolute atomic E-state index is 13.5. The van der Waals surface area contributed by atoms with Gasteiger partial charge in [-0.25, -0.2) is 9.50 Å². The van der Waals surface area contributed by atoms with Crippen LogP contribution in [0.15, 0.2) is 49.1 Å². The van der Waals surface area contributed by atoms with Gasteiger partial charge in [0.15, 0.2) is 5.65 Å². The summed E-state index contributed by atoms with van der Waals surface area (Å²) in [5.41, 5.74) is 0.953. The Kier molecular flexibility index (Phi) is 8.58. The minimum atomic E-state index is -3.10. The van der Waals surface area contributed by atoms with Crippen LogP contribution in [-0.2, 0) is 16.1 Å². The number of anilines is 1. The molecular weight excluding hydrogens is 622 g/mol. The van der Waals surface area contributed by atoms with E-state index in [2.05, 4.69) is 25.4 Å². The van der Waals surface area contributed by atoms with Crippen LogP contribution in [0, 0.1) is 17.8 Å². The summed E-state index contributed by atoms with van der Waals surface area (Å²) < 4.78 is 39.8. The van der Waals surface area contributed by atoms with Crippen LogP contribution in [0.5, 0.6) is 5.75 Å². The van der Waals surface area contributed by atoms with Crippen molar-refractivity contribution < 1.29 is 27.8 Å². The third-order valence-electron chi connectivity index (χ3n) is 9.02. The largest absolute Gasteiger partial charge is 0.434 e. The number of halogens is 3. The lowest BCUT2D eigenvalue weighted by Gasteiger charge is -2.28. The molecule has 3 fully saturated rings. The number of amides is 2. The Morgan fingerprint density at radius 2 is 1.91 bits per heavy atom. The molecule has 1 aromatic carbocycles. The zero-order valence-electron chi connectivity index (χ0n) is 24.9. The molecule has 2 atom stereocenters. The molecule has 3 saturated heterocycles. The molecule has 0 bridgehead atoms. The molecule has 6 heterocycles. The van der Waals surface area contributed by atoms with Gasteiger partial charge in [-0.2, -0.15) is 19.0 Å². The van der Waals surface area contributed by atoms with Crippen LogP contribution in [0.2, 0.25) is 5.02 Å². The molecule has 15 heteroatoms. The fourth-order valence-electron chi connectivity index (χ4n) is 6.83. The number of nitrogens with one attached hydrogen (secondary N) is 1. The standard InChI is InChI=1S/C31H33ClF2N8O4/c32-22-2-3-26(46-31(33)34)23(10-22)28-25(37-30(44)24-11-36-42-7-1-6-35-29(24)42)17-41(38-28)18-27(43)40-15-20-13-39(14-21(20)16-40)12-19-4-8-45-9-5-19/h1-3,6-7,10-11,17,19-21,31H,4-5,8-9,12-16,18H2,(H,37,44)/t20-,21+. The molecule has 46 heavy (non-hydrogen) atoms. The van der Waals surface area contributed by atoms with Gasteiger partial charge in [0.1, 0.15) is 23.6 Å². The number of hydrogen-bond acceptors (Lipinski definition) is 8. The number of likely N-dealkylation sites (tertiary alicyclic amines) is 2. The van der Waals surface area contributed by atoms with Crippen molar-refractivity contribution in [3.05, 3.63) is 59.6 Å². The van der Waals surface area contributed by atoms with Crippen molar-refractivity contribution >= 4 is 34.7 Å². The predicted molar refractivity (Wildman–Crippen MR) is 164 cm³/mol. The lowest BCUT2D eigenvalue weighted by molar-refractivity contribution is -0.131. The van der Waals surface area contributed by atoms with Crippen LogP contribution in [0.25, 0.3) is 16.9 Å². The molecule has 3 aliphatic rings. The maximum Gasteiger partial charge on any atom is 0.387 e. The molecule has 0 aliphatic carbocycles. The van der Waals surface area contributed by atoms with Crippen molar-refractivity contribution in [2.75, 3.05) is 51.3 Å². The molecular formula is C31H33ClF2N8O4. The summed E-state index contributed by atoms with van der Waals surface area (Å²) >= 11 is 6.24. The number of carbonyl (C=O) groups is 2. The van der Waals surface area contributed by atoms with Gasteiger partial charge in [0, 0.05) is 75.1 Å². The van der Waals surface area contributed by atoms with E-state index in [0.717, 1.165) is 45.7 Å². The quantitative estimate of drug-likeness (QED) is 0.289. The highest BCUT2D eigenvalue weighted by atomic mass is 35.5. The fourth-order valence-corrected chi connectivity index (χ4v) is 7.00. The van der Waals surface area contributed by atoms with Gasteiger partial charge < -0.3 is 24.6 Å². The zero-order valence-corrected chi connectivity index (χ0v) is 25.7. The van der Waals surface area contributed by atoms with Crippen LogP contribution < -0.4 is 10.1 Å². The second-order valence-corrected chi connectivity index (χ2v) is 12.5. The van der Waals surface area contributed by atoms with Crippen LogP contribution in [0.1, 0.15) is 23.2 Å². The fraction of sp³-hybridized carbons (Fsp3) is 0.452. The second kappa shape index (κ2) is 12.9. The highest BCUT2D eigenvalue weighted by Crippen LogP contribution is 2.38. The number of aromatic nitrogens is 5. The second-order valence-electron chi connectivity index (χ2n) is 12.1. The van der Waals surface area contributed by atoms with Crippen molar-refractivity contribution in [3.8, 4) is 17.0 Å². The van der Waals surface area contributed by atoms with Crippen LogP contribution in [0.4, 0.5) is 14.5 Å². The van der Waals surface area contributed by atoms with E-state index >= 15 is 0 Å². The molecule has 0 radical (unpaired) electrons. The van der Waals surface area contributed by atoms with E-state index in [4.69, 9.17) is 21.1 Å². The molecule has 0 unspecified atom stereocenters. The predicted octanol–water partition coefficient (Wildman–Crippen LogP) is 3.92. The Balaban J connectivity index is 1.10. The summed E-state index contributed by atoms with van der Waals surface area (Å²) in [5.74, 6) is 0.681. The molecule has 12 nitrogen and oxygen atoms in total. The van der Waals surface area contributed by atoms with Gasteiger partial charge in [-0.1, -0.05) is 11.6 Å². The van der Waals surface area contributed by atoms with E-state index in [1.54, 1.807) is 18.5 Å². The number of carbonyl (C=O) groups excluding carboxylic acids is 2. The van der Waals surface area contributed by atoms with Crippen molar-refractivity contribution in [3.63, 3.8) is 0 Å². The maximum atomic E-state index is 13.5. The average Bonchev–Trinajstić information content (AvgIpc) is 3.81. The first-order valence-corrected chi connectivity index (χ1v) is 15.7. The zero-order chi connectivity index (χ0) is 31.8. The van der Waals surface area contributed by atoms with Gasteiger partial charge in [0.25, 0.3) is 5.91 Å². The number of rotatable bonds is 9. The highest BCUT2D eigenvalue weighted by molar-refractivity contribution is 6.31. The van der Waals surface area contributed by atoms with Crippen LogP contribution in [0.3, 0.4) is 0 Å². The lowest BCUT2D eigenvalue weighted by Crippen LogP contribution is -2.37. The van der Waals surface area contributed by atoms with Crippen LogP contribution >= 0.6 is 11.6 Å². The minimum Gasteiger partial charge on any atom is -0.434 e. The number of hydrogen-bond donors (Lipinski definition) is 1. The molecule has 0 spiro atoms.